The molecule has 1 amide bonds. The molecule has 0 saturated carbocycles. The third-order valence-electron chi connectivity index (χ3n) is 4.09. The van der Waals surface area contributed by atoms with Gasteiger partial charge in [-0.1, -0.05) is 25.1 Å². The summed E-state index contributed by atoms with van der Waals surface area (Å²) < 4.78 is 5.31. The van der Waals surface area contributed by atoms with Gasteiger partial charge >= 0.3 is 0 Å². The Balaban J connectivity index is 0.00000264. The van der Waals surface area contributed by atoms with Crippen LogP contribution in [0.1, 0.15) is 19.8 Å². The van der Waals surface area contributed by atoms with Crippen molar-refractivity contribution in [2.45, 2.75) is 29.9 Å². The average Bonchev–Trinajstić information content (AvgIpc) is 2.54. The first-order chi connectivity index (χ1) is 10.7. The van der Waals surface area contributed by atoms with Crippen molar-refractivity contribution in [3.63, 3.8) is 0 Å². The van der Waals surface area contributed by atoms with E-state index < -0.39 is 0 Å². The van der Waals surface area contributed by atoms with Crippen molar-refractivity contribution in [1.29, 1.82) is 0 Å². The number of amides is 1. The largest absolute Gasteiger partial charge is 0.384 e. The molecule has 4 nitrogen and oxygen atoms in total. The maximum Gasteiger partial charge on any atom is 0.228 e. The maximum absolute atomic E-state index is 12.6. The summed E-state index contributed by atoms with van der Waals surface area (Å²) in [5, 5.41) is 6.78. The average molecular weight is 359 g/mol. The van der Waals surface area contributed by atoms with Gasteiger partial charge < -0.3 is 15.4 Å². The maximum atomic E-state index is 12.6. The smallest absolute Gasteiger partial charge is 0.228 e. The molecule has 6 heteroatoms. The molecule has 1 fully saturated rings. The van der Waals surface area contributed by atoms with Gasteiger partial charge in [0.25, 0.3) is 0 Å². The fourth-order valence-electron chi connectivity index (χ4n) is 2.82. The minimum atomic E-state index is -0.364. The van der Waals surface area contributed by atoms with E-state index in [9.17, 15) is 4.79 Å². The molecule has 0 bridgehead atoms. The van der Waals surface area contributed by atoms with Gasteiger partial charge in [-0.25, -0.2) is 0 Å². The second-order valence-corrected chi connectivity index (χ2v) is 7.43. The van der Waals surface area contributed by atoms with E-state index in [4.69, 9.17) is 4.74 Å². The lowest BCUT2D eigenvalue weighted by Crippen LogP contribution is -2.51. The monoisotopic (exact) mass is 358 g/mol. The first kappa shape index (κ1) is 20.3. The van der Waals surface area contributed by atoms with E-state index in [2.05, 4.69) is 29.7 Å². The normalized spacial score (nSPS) is 17.8. The molecule has 2 rings (SSSR count). The van der Waals surface area contributed by atoms with Gasteiger partial charge in [-0.15, -0.1) is 24.2 Å². The summed E-state index contributed by atoms with van der Waals surface area (Å²) in [6.45, 7) is 5.08. The van der Waals surface area contributed by atoms with Crippen molar-refractivity contribution in [1.82, 2.24) is 10.6 Å². The van der Waals surface area contributed by atoms with E-state index in [1.807, 2.05) is 18.2 Å². The molecular weight excluding hydrogens is 332 g/mol. The minimum absolute atomic E-state index is 0. The van der Waals surface area contributed by atoms with Crippen LogP contribution in [0, 0.1) is 5.41 Å². The van der Waals surface area contributed by atoms with Gasteiger partial charge in [0.2, 0.25) is 5.91 Å². The molecule has 23 heavy (non-hydrogen) atoms. The van der Waals surface area contributed by atoms with Crippen LogP contribution < -0.4 is 10.6 Å². The zero-order chi connectivity index (χ0) is 15.8. The van der Waals surface area contributed by atoms with Crippen LogP contribution in [0.2, 0.25) is 0 Å². The van der Waals surface area contributed by atoms with Gasteiger partial charge in [0.15, 0.2) is 0 Å². The van der Waals surface area contributed by atoms with E-state index in [0.29, 0.717) is 18.4 Å². The highest BCUT2D eigenvalue weighted by atomic mass is 35.5. The topological polar surface area (TPSA) is 50.4 Å². The fraction of sp³-hybridized carbons (Fsp3) is 0.588. The van der Waals surface area contributed by atoms with Crippen molar-refractivity contribution in [3.05, 3.63) is 30.3 Å². The Labute approximate surface area is 149 Å². The van der Waals surface area contributed by atoms with Crippen molar-refractivity contribution in [2.75, 3.05) is 33.4 Å². The number of carbonyl (C=O) groups is 1. The second kappa shape index (κ2) is 10.2. The van der Waals surface area contributed by atoms with Gasteiger partial charge in [0.1, 0.15) is 0 Å². The van der Waals surface area contributed by atoms with Crippen molar-refractivity contribution >= 4 is 30.1 Å². The highest BCUT2D eigenvalue weighted by Gasteiger charge is 2.39. The van der Waals surface area contributed by atoms with E-state index in [1.54, 1.807) is 18.9 Å². The summed E-state index contributed by atoms with van der Waals surface area (Å²) in [6, 6.07) is 10.3. The molecule has 130 valence electrons. The van der Waals surface area contributed by atoms with Crippen molar-refractivity contribution in [2.24, 2.45) is 5.41 Å². The molecule has 1 heterocycles. The lowest BCUT2D eigenvalue weighted by molar-refractivity contribution is -0.136. The number of carbonyl (C=O) groups excluding carboxylic acids is 1. The summed E-state index contributed by atoms with van der Waals surface area (Å²) >= 11 is 1.79. The van der Waals surface area contributed by atoms with Crippen LogP contribution in [0.25, 0.3) is 0 Å². The van der Waals surface area contributed by atoms with Crippen LogP contribution >= 0.6 is 24.2 Å². The number of ether oxygens (including phenoxy) is 1. The van der Waals surface area contributed by atoms with Crippen molar-refractivity contribution in [3.8, 4) is 0 Å². The van der Waals surface area contributed by atoms with E-state index in [0.717, 1.165) is 25.9 Å². The lowest BCUT2D eigenvalue weighted by Gasteiger charge is -2.35. The predicted molar refractivity (Wildman–Crippen MR) is 98.4 cm³/mol. The molecular formula is C17H27ClN2O2S. The summed E-state index contributed by atoms with van der Waals surface area (Å²) in [7, 11) is 1.67. The SMILES string of the molecule is COCC1(C(=O)NCC(C)Sc2ccccc2)CCNCC1.Cl. The number of nitrogens with one attached hydrogen (secondary N) is 2. The molecule has 0 spiro atoms. The fourth-order valence-corrected chi connectivity index (χ4v) is 3.76. The van der Waals surface area contributed by atoms with Crippen molar-refractivity contribution < 1.29 is 9.53 Å². The highest BCUT2D eigenvalue weighted by molar-refractivity contribution is 8.00. The van der Waals surface area contributed by atoms with E-state index in [1.165, 1.54) is 4.90 Å². The number of benzene rings is 1. The van der Waals surface area contributed by atoms with E-state index >= 15 is 0 Å². The molecule has 1 aromatic carbocycles. The van der Waals surface area contributed by atoms with Gasteiger partial charge in [0, 0.05) is 23.8 Å². The minimum Gasteiger partial charge on any atom is -0.384 e. The third-order valence-corrected chi connectivity index (χ3v) is 5.21. The third kappa shape index (κ3) is 5.99. The number of piperidine rings is 1. The highest BCUT2D eigenvalue weighted by Crippen LogP contribution is 2.30. The first-order valence-electron chi connectivity index (χ1n) is 7.86. The molecule has 1 saturated heterocycles. The lowest BCUT2D eigenvalue weighted by atomic mass is 9.78. The molecule has 1 atom stereocenters. The Kier molecular flexibility index (Phi) is 8.99. The Morgan fingerprint density at radius 2 is 2.00 bits per heavy atom. The number of hydrogen-bond acceptors (Lipinski definition) is 4. The summed E-state index contributed by atoms with van der Waals surface area (Å²) in [5.41, 5.74) is -0.364. The summed E-state index contributed by atoms with van der Waals surface area (Å²) in [4.78, 5) is 13.9. The number of methoxy groups -OCH3 is 1. The molecule has 0 aliphatic carbocycles. The zero-order valence-corrected chi connectivity index (χ0v) is 15.5. The van der Waals surface area contributed by atoms with Crippen LogP contribution in [0.4, 0.5) is 0 Å². The molecule has 0 radical (unpaired) electrons. The number of hydrogen-bond donors (Lipinski definition) is 2. The number of rotatable bonds is 7. The number of thioether (sulfide) groups is 1. The van der Waals surface area contributed by atoms with Crippen LogP contribution in [-0.4, -0.2) is 44.5 Å². The van der Waals surface area contributed by atoms with Crippen LogP contribution in [0.15, 0.2) is 35.2 Å². The molecule has 1 aromatic rings. The van der Waals surface area contributed by atoms with Crippen LogP contribution in [-0.2, 0) is 9.53 Å². The van der Waals surface area contributed by atoms with Crippen LogP contribution in [0.5, 0.6) is 0 Å². The Morgan fingerprint density at radius 3 is 2.61 bits per heavy atom. The second-order valence-electron chi connectivity index (χ2n) is 5.91. The van der Waals surface area contributed by atoms with E-state index in [-0.39, 0.29) is 23.7 Å². The van der Waals surface area contributed by atoms with Gasteiger partial charge in [-0.3, -0.25) is 4.79 Å². The Morgan fingerprint density at radius 1 is 1.35 bits per heavy atom. The molecule has 1 aliphatic rings. The molecule has 1 aliphatic heterocycles. The standard InChI is InChI=1S/C17H26N2O2S.ClH/c1-14(22-15-6-4-3-5-7-15)12-19-16(20)17(13-21-2)8-10-18-11-9-17;/h3-7,14,18H,8-13H2,1-2H3,(H,19,20);1H. The van der Waals surface area contributed by atoms with Gasteiger partial charge in [-0.2, -0.15) is 0 Å². The Bertz CT molecular complexity index is 461. The first-order valence-corrected chi connectivity index (χ1v) is 8.74. The zero-order valence-electron chi connectivity index (χ0n) is 13.8. The quantitative estimate of drug-likeness (QED) is 0.736. The Hall–Kier alpha value is -0.750. The van der Waals surface area contributed by atoms with Gasteiger partial charge in [0.05, 0.1) is 12.0 Å². The summed E-state index contributed by atoms with van der Waals surface area (Å²) in [5.74, 6) is 0.136. The number of halogens is 1. The molecule has 2 N–H and O–H groups in total. The van der Waals surface area contributed by atoms with Gasteiger partial charge in [-0.05, 0) is 38.1 Å². The van der Waals surface area contributed by atoms with Crippen LogP contribution in [0.3, 0.4) is 0 Å². The molecule has 1 unspecified atom stereocenters. The predicted octanol–water partition coefficient (Wildman–Crippen LogP) is 2.72. The summed E-state index contributed by atoms with van der Waals surface area (Å²) in [6.07, 6.45) is 1.68. The molecule has 0 aromatic heterocycles.